The molecule has 1 heterocycles. The van der Waals surface area contributed by atoms with Crippen LogP contribution >= 0.6 is 0 Å². The molecule has 1 aromatic rings. The van der Waals surface area contributed by atoms with Gasteiger partial charge >= 0.3 is 0 Å². The van der Waals surface area contributed by atoms with Crippen molar-refractivity contribution >= 4 is 6.21 Å². The second-order valence-corrected chi connectivity index (χ2v) is 7.07. The average Bonchev–Trinajstić information content (AvgIpc) is 2.99. The maximum absolute atomic E-state index is 4.82. The third-order valence-corrected chi connectivity index (χ3v) is 5.24. The summed E-state index contributed by atoms with van der Waals surface area (Å²) in [6, 6.07) is 9.53. The van der Waals surface area contributed by atoms with Crippen molar-refractivity contribution in [1.29, 1.82) is 0 Å². The molecule has 2 aliphatic rings. The monoisotopic (exact) mass is 312 g/mol. The number of nitrogens with one attached hydrogen (secondary N) is 1. The highest BCUT2D eigenvalue weighted by Crippen LogP contribution is 2.22. The van der Waals surface area contributed by atoms with Crippen LogP contribution in [0, 0.1) is 6.92 Å². The number of hydrogen-bond acceptors (Lipinski definition) is 2. The van der Waals surface area contributed by atoms with Gasteiger partial charge in [-0.25, -0.2) is 0 Å². The molecule has 1 saturated carbocycles. The third kappa shape index (κ3) is 4.23. The van der Waals surface area contributed by atoms with E-state index in [9.17, 15) is 0 Å². The van der Waals surface area contributed by atoms with E-state index in [1.807, 2.05) is 6.21 Å². The molecule has 23 heavy (non-hydrogen) atoms. The molecule has 1 atom stereocenters. The highest BCUT2D eigenvalue weighted by molar-refractivity contribution is 5.78. The number of nitrogens with zero attached hydrogens (tertiary/aromatic N) is 2. The quantitative estimate of drug-likeness (QED) is 0.785. The van der Waals surface area contributed by atoms with Crippen molar-refractivity contribution < 1.29 is 4.59 Å². The molecule has 1 aliphatic heterocycles. The Bertz CT molecular complexity index is 567. The summed E-state index contributed by atoms with van der Waals surface area (Å²) in [7, 11) is 0. The van der Waals surface area contributed by atoms with E-state index in [0.717, 1.165) is 24.1 Å². The molecule has 1 unspecified atom stereocenters. The fourth-order valence-corrected chi connectivity index (χ4v) is 3.59. The van der Waals surface area contributed by atoms with Crippen molar-refractivity contribution in [3.63, 3.8) is 0 Å². The number of quaternary nitrogens is 1. The fraction of sp³-hybridized carbons (Fsp3) is 0.550. The molecule has 0 saturated heterocycles. The molecule has 1 N–H and O–H groups in total. The molecular formula is C20H30N3+. The Balaban J connectivity index is 1.59. The van der Waals surface area contributed by atoms with E-state index in [4.69, 9.17) is 5.10 Å². The molecule has 3 nitrogen and oxygen atoms in total. The van der Waals surface area contributed by atoms with Crippen molar-refractivity contribution in [2.45, 2.75) is 58.4 Å². The number of allylic oxidation sites excluding steroid dienone is 1. The van der Waals surface area contributed by atoms with Crippen molar-refractivity contribution in [2.24, 2.45) is 5.10 Å². The van der Waals surface area contributed by atoms with Crippen LogP contribution < -0.4 is 5.32 Å². The predicted octanol–water partition coefficient (Wildman–Crippen LogP) is 4.14. The SMILES string of the molecule is CC[N+]1(CCc2ccc(C)cc2)C=C(NC2CCCCC2)C=N1. The smallest absolute Gasteiger partial charge is 0.148 e. The topological polar surface area (TPSA) is 24.4 Å². The van der Waals surface area contributed by atoms with E-state index in [1.165, 1.54) is 48.9 Å². The summed E-state index contributed by atoms with van der Waals surface area (Å²) < 4.78 is 0.725. The second-order valence-electron chi connectivity index (χ2n) is 7.07. The van der Waals surface area contributed by atoms with Crippen molar-refractivity contribution in [3.05, 3.63) is 47.3 Å². The van der Waals surface area contributed by atoms with Crippen LogP contribution in [0.25, 0.3) is 0 Å². The van der Waals surface area contributed by atoms with E-state index >= 15 is 0 Å². The summed E-state index contributed by atoms with van der Waals surface area (Å²) in [5, 5.41) is 8.53. The molecule has 0 bridgehead atoms. The second kappa shape index (κ2) is 7.31. The van der Waals surface area contributed by atoms with E-state index in [0.29, 0.717) is 6.04 Å². The summed E-state index contributed by atoms with van der Waals surface area (Å²) in [5.74, 6) is 0. The van der Waals surface area contributed by atoms with E-state index in [1.54, 1.807) is 0 Å². The molecule has 124 valence electrons. The van der Waals surface area contributed by atoms with Crippen LogP contribution in [0.3, 0.4) is 0 Å². The lowest BCUT2D eigenvalue weighted by Crippen LogP contribution is -2.38. The minimum absolute atomic E-state index is 0.649. The van der Waals surface area contributed by atoms with Gasteiger partial charge in [0.1, 0.15) is 31.2 Å². The first-order valence-corrected chi connectivity index (χ1v) is 9.16. The molecule has 3 heteroatoms. The molecule has 0 radical (unpaired) electrons. The normalized spacial score (nSPS) is 24.7. The van der Waals surface area contributed by atoms with Crippen LogP contribution in [-0.4, -0.2) is 29.9 Å². The summed E-state index contributed by atoms with van der Waals surface area (Å²) in [5.41, 5.74) is 3.95. The van der Waals surface area contributed by atoms with Crippen molar-refractivity contribution in [1.82, 2.24) is 5.32 Å². The lowest BCUT2D eigenvalue weighted by molar-refractivity contribution is -0.881. The van der Waals surface area contributed by atoms with Crippen molar-refractivity contribution in [3.8, 4) is 0 Å². The largest absolute Gasteiger partial charge is 0.377 e. The fourth-order valence-electron chi connectivity index (χ4n) is 3.59. The number of hydrogen-bond donors (Lipinski definition) is 1. The molecule has 1 fully saturated rings. The molecule has 1 aromatic carbocycles. The highest BCUT2D eigenvalue weighted by atomic mass is 15.6. The Morgan fingerprint density at radius 2 is 1.87 bits per heavy atom. The van der Waals surface area contributed by atoms with Crippen molar-refractivity contribution in [2.75, 3.05) is 13.1 Å². The maximum Gasteiger partial charge on any atom is 0.148 e. The lowest BCUT2D eigenvalue weighted by Gasteiger charge is -2.25. The van der Waals surface area contributed by atoms with E-state index in [2.05, 4.69) is 49.6 Å². The molecule has 0 aromatic heterocycles. The molecule has 3 rings (SSSR count). The van der Waals surface area contributed by atoms with Gasteiger partial charge in [0, 0.05) is 12.5 Å². The molecule has 0 amide bonds. The zero-order valence-electron chi connectivity index (χ0n) is 14.6. The van der Waals surface area contributed by atoms with Gasteiger partial charge in [-0.1, -0.05) is 54.2 Å². The molecule has 0 spiro atoms. The van der Waals surface area contributed by atoms with Crippen LogP contribution in [-0.2, 0) is 6.42 Å². The maximum atomic E-state index is 4.82. The minimum Gasteiger partial charge on any atom is -0.377 e. The van der Waals surface area contributed by atoms with Crippen LogP contribution in [0.15, 0.2) is 41.3 Å². The van der Waals surface area contributed by atoms with Gasteiger partial charge in [0.25, 0.3) is 0 Å². The Morgan fingerprint density at radius 3 is 2.57 bits per heavy atom. The molecular weight excluding hydrogens is 282 g/mol. The minimum atomic E-state index is 0.649. The summed E-state index contributed by atoms with van der Waals surface area (Å²) in [4.78, 5) is 0. The standard InChI is InChI=1S/C20H30N3/c1-3-23(14-13-18-11-9-17(2)10-12-18)16-20(15-21-23)22-19-7-5-4-6-8-19/h9-12,15-16,19,22H,3-8,13-14H2,1-2H3/q+1. The first kappa shape index (κ1) is 16.3. The van der Waals surface area contributed by atoms with Gasteiger partial charge in [-0.3, -0.25) is 0 Å². The van der Waals surface area contributed by atoms with Crippen LogP contribution in [0.1, 0.15) is 50.2 Å². The number of rotatable bonds is 6. The van der Waals surface area contributed by atoms with Crippen LogP contribution in [0.2, 0.25) is 0 Å². The van der Waals surface area contributed by atoms with Gasteiger partial charge in [0.05, 0.1) is 0 Å². The predicted molar refractivity (Wildman–Crippen MR) is 97.1 cm³/mol. The third-order valence-electron chi connectivity index (χ3n) is 5.24. The van der Waals surface area contributed by atoms with Crippen LogP contribution in [0.4, 0.5) is 0 Å². The van der Waals surface area contributed by atoms with Gasteiger partial charge in [0.2, 0.25) is 0 Å². The first-order valence-electron chi connectivity index (χ1n) is 9.16. The van der Waals surface area contributed by atoms with E-state index < -0.39 is 0 Å². The Kier molecular flexibility index (Phi) is 5.16. The Morgan fingerprint density at radius 1 is 1.13 bits per heavy atom. The number of aryl methyl sites for hydroxylation is 1. The average molecular weight is 312 g/mol. The zero-order chi connectivity index (χ0) is 16.1. The van der Waals surface area contributed by atoms with Gasteiger partial charge in [0.15, 0.2) is 0 Å². The number of likely N-dealkylation sites (N-methyl/N-ethyl adjacent to an activating group) is 1. The number of benzene rings is 1. The summed E-state index contributed by atoms with van der Waals surface area (Å²) in [6.45, 7) is 6.41. The van der Waals surface area contributed by atoms with Gasteiger partial charge in [-0.2, -0.15) is 4.59 Å². The zero-order valence-corrected chi connectivity index (χ0v) is 14.6. The van der Waals surface area contributed by atoms with Gasteiger partial charge in [-0.15, -0.1) is 0 Å². The van der Waals surface area contributed by atoms with E-state index in [-0.39, 0.29) is 0 Å². The van der Waals surface area contributed by atoms with Gasteiger partial charge < -0.3 is 5.32 Å². The molecule has 1 aliphatic carbocycles. The lowest BCUT2D eigenvalue weighted by atomic mass is 9.95. The highest BCUT2D eigenvalue weighted by Gasteiger charge is 2.29. The Hall–Kier alpha value is -1.61. The Labute approximate surface area is 140 Å². The first-order chi connectivity index (χ1) is 11.2. The summed E-state index contributed by atoms with van der Waals surface area (Å²) >= 11 is 0. The van der Waals surface area contributed by atoms with Gasteiger partial charge in [-0.05, 0) is 32.3 Å². The van der Waals surface area contributed by atoms with Crippen LogP contribution in [0.5, 0.6) is 0 Å². The summed E-state index contributed by atoms with van der Waals surface area (Å²) in [6.07, 6.45) is 12.2.